The van der Waals surface area contributed by atoms with E-state index < -0.39 is 30.0 Å². The Hall–Kier alpha value is -2.39. The van der Waals surface area contributed by atoms with Crippen molar-refractivity contribution in [2.75, 3.05) is 33.0 Å². The van der Waals surface area contributed by atoms with E-state index in [1.54, 1.807) is 13.8 Å². The van der Waals surface area contributed by atoms with Crippen LogP contribution in [-0.2, 0) is 42.9 Å². The fraction of sp³-hybridized carbons (Fsp3) is 0.600. The smallest absolute Gasteiger partial charge is 0.331 e. The summed E-state index contributed by atoms with van der Waals surface area (Å²) in [6.45, 7) is 4.75. The van der Waals surface area contributed by atoms with E-state index in [1.165, 1.54) is 0 Å². The fourth-order valence-electron chi connectivity index (χ4n) is 2.58. The van der Waals surface area contributed by atoms with Crippen molar-refractivity contribution in [3.05, 3.63) is 24.3 Å². The Morgan fingerprint density at radius 3 is 1.80 bits per heavy atom. The molecule has 0 aliphatic carbocycles. The Morgan fingerprint density at radius 1 is 0.833 bits per heavy atom. The van der Waals surface area contributed by atoms with Crippen LogP contribution in [0.4, 0.5) is 0 Å². The SMILES string of the molecule is CCOC(=O)/C=C/C(=O)OCC(CC1CCOCC1)OC(=O)/C=C/C(=O)OCC.[Cl-]. The molecule has 1 aliphatic heterocycles. The number of halogens is 1. The van der Waals surface area contributed by atoms with Gasteiger partial charge in [-0.2, -0.15) is 0 Å². The summed E-state index contributed by atoms with van der Waals surface area (Å²) >= 11 is 0. The van der Waals surface area contributed by atoms with E-state index in [0.29, 0.717) is 19.6 Å². The molecule has 0 saturated carbocycles. The Labute approximate surface area is 182 Å². The highest BCUT2D eigenvalue weighted by Gasteiger charge is 2.23. The Morgan fingerprint density at radius 2 is 1.30 bits per heavy atom. The lowest BCUT2D eigenvalue weighted by Gasteiger charge is -2.26. The maximum atomic E-state index is 12.0. The Balaban J connectivity index is 0.00000841. The molecule has 1 atom stereocenters. The molecule has 1 fully saturated rings. The first-order chi connectivity index (χ1) is 13.9. The van der Waals surface area contributed by atoms with Crippen molar-refractivity contribution >= 4 is 23.9 Å². The average Bonchev–Trinajstić information content (AvgIpc) is 2.70. The molecular weight excluding hydrogens is 420 g/mol. The maximum absolute atomic E-state index is 12.0. The lowest BCUT2D eigenvalue weighted by atomic mass is 9.94. The van der Waals surface area contributed by atoms with Gasteiger partial charge in [0, 0.05) is 37.5 Å². The van der Waals surface area contributed by atoms with Gasteiger partial charge in [-0.3, -0.25) is 0 Å². The molecule has 30 heavy (non-hydrogen) atoms. The summed E-state index contributed by atoms with van der Waals surface area (Å²) in [5.41, 5.74) is 0. The normalized spacial score (nSPS) is 15.3. The molecule has 1 unspecified atom stereocenters. The average molecular weight is 448 g/mol. The zero-order valence-corrected chi connectivity index (χ0v) is 17.9. The van der Waals surface area contributed by atoms with E-state index in [0.717, 1.165) is 37.1 Å². The van der Waals surface area contributed by atoms with E-state index in [1.807, 2.05) is 0 Å². The number of hydrogen-bond acceptors (Lipinski definition) is 9. The number of carbonyl (C=O) groups is 4. The molecule has 9 nitrogen and oxygen atoms in total. The van der Waals surface area contributed by atoms with Crippen molar-refractivity contribution in [2.45, 2.75) is 39.2 Å². The highest BCUT2D eigenvalue weighted by atomic mass is 35.5. The summed E-state index contributed by atoms with van der Waals surface area (Å²) < 4.78 is 25.1. The highest BCUT2D eigenvalue weighted by molar-refractivity contribution is 5.92. The van der Waals surface area contributed by atoms with Crippen molar-refractivity contribution in [1.82, 2.24) is 0 Å². The van der Waals surface area contributed by atoms with E-state index in [9.17, 15) is 19.2 Å². The lowest BCUT2D eigenvalue weighted by molar-refractivity contribution is -0.154. The van der Waals surface area contributed by atoms with E-state index in [-0.39, 0.29) is 38.1 Å². The van der Waals surface area contributed by atoms with Crippen molar-refractivity contribution in [2.24, 2.45) is 5.92 Å². The van der Waals surface area contributed by atoms with Crippen molar-refractivity contribution in [3.63, 3.8) is 0 Å². The standard InChI is InChI=1S/C20H28O9.ClH/c1-3-26-17(21)5-6-19(23)28-14-16(13-15-9-11-25-12-10-15)29-20(24)8-7-18(22)27-4-2;/h5-8,15-16H,3-4,9-14H2,1-2H3;1H/p-1/b6-5+,8-7+;. The zero-order chi connectivity index (χ0) is 21.5. The molecule has 170 valence electrons. The Bertz CT molecular complexity index is 609. The van der Waals surface area contributed by atoms with E-state index >= 15 is 0 Å². The minimum Gasteiger partial charge on any atom is -1.00 e. The van der Waals surface area contributed by atoms with Gasteiger partial charge in [-0.15, -0.1) is 0 Å². The van der Waals surface area contributed by atoms with Gasteiger partial charge in [0.25, 0.3) is 0 Å². The van der Waals surface area contributed by atoms with Crippen LogP contribution in [-0.4, -0.2) is 63.0 Å². The maximum Gasteiger partial charge on any atom is 0.331 e. The molecule has 0 radical (unpaired) electrons. The minimum absolute atomic E-state index is 0. The molecular formula is C20H28ClO9-. The van der Waals surface area contributed by atoms with Crippen molar-refractivity contribution in [1.29, 1.82) is 0 Å². The third kappa shape index (κ3) is 12.9. The largest absolute Gasteiger partial charge is 1.00 e. The van der Waals surface area contributed by atoms with Crippen LogP contribution in [0, 0.1) is 5.92 Å². The van der Waals surface area contributed by atoms with Crippen LogP contribution >= 0.6 is 0 Å². The zero-order valence-electron chi connectivity index (χ0n) is 17.2. The summed E-state index contributed by atoms with van der Waals surface area (Å²) in [5.74, 6) is -2.55. The third-order valence-corrected chi connectivity index (χ3v) is 3.92. The number of rotatable bonds is 11. The molecule has 1 rings (SSSR count). The van der Waals surface area contributed by atoms with Gasteiger partial charge in [-0.1, -0.05) is 0 Å². The summed E-state index contributed by atoms with van der Waals surface area (Å²) in [6.07, 6.45) is 5.27. The van der Waals surface area contributed by atoms with Gasteiger partial charge in [0.2, 0.25) is 0 Å². The molecule has 0 amide bonds. The fourth-order valence-corrected chi connectivity index (χ4v) is 2.58. The van der Waals surface area contributed by atoms with Crippen LogP contribution in [0.2, 0.25) is 0 Å². The highest BCUT2D eigenvalue weighted by Crippen LogP contribution is 2.22. The summed E-state index contributed by atoms with van der Waals surface area (Å²) in [4.78, 5) is 46.3. The van der Waals surface area contributed by atoms with Gasteiger partial charge in [-0.05, 0) is 39.0 Å². The predicted octanol–water partition coefficient (Wildman–Crippen LogP) is -1.50. The van der Waals surface area contributed by atoms with Crippen LogP contribution in [0.3, 0.4) is 0 Å². The molecule has 0 aromatic carbocycles. The van der Waals surface area contributed by atoms with Gasteiger partial charge in [0.05, 0.1) is 13.2 Å². The Kier molecular flexibility index (Phi) is 15.1. The van der Waals surface area contributed by atoms with Crippen LogP contribution in [0.1, 0.15) is 33.1 Å². The third-order valence-electron chi connectivity index (χ3n) is 3.92. The summed E-state index contributed by atoms with van der Waals surface area (Å²) in [6, 6.07) is 0. The topological polar surface area (TPSA) is 114 Å². The lowest BCUT2D eigenvalue weighted by Crippen LogP contribution is -3.00. The minimum atomic E-state index is -0.756. The molecule has 1 heterocycles. The van der Waals surface area contributed by atoms with E-state index in [2.05, 4.69) is 4.74 Å². The first-order valence-electron chi connectivity index (χ1n) is 9.59. The van der Waals surface area contributed by atoms with Crippen LogP contribution in [0.25, 0.3) is 0 Å². The molecule has 10 heteroatoms. The molecule has 0 aromatic rings. The molecule has 0 N–H and O–H groups in total. The van der Waals surface area contributed by atoms with Crippen molar-refractivity contribution in [3.8, 4) is 0 Å². The second-order valence-corrected chi connectivity index (χ2v) is 6.15. The predicted molar refractivity (Wildman–Crippen MR) is 101 cm³/mol. The quantitative estimate of drug-likeness (QED) is 0.212. The summed E-state index contributed by atoms with van der Waals surface area (Å²) in [7, 11) is 0. The first-order valence-corrected chi connectivity index (χ1v) is 9.59. The molecule has 0 aromatic heterocycles. The van der Waals surface area contributed by atoms with Gasteiger partial charge < -0.3 is 36.1 Å². The number of hydrogen-bond donors (Lipinski definition) is 0. The van der Waals surface area contributed by atoms with Crippen LogP contribution < -0.4 is 12.4 Å². The van der Waals surface area contributed by atoms with Gasteiger partial charge in [0.15, 0.2) is 0 Å². The number of ether oxygens (including phenoxy) is 5. The molecule has 0 bridgehead atoms. The van der Waals surface area contributed by atoms with E-state index in [4.69, 9.17) is 18.9 Å². The molecule has 0 spiro atoms. The van der Waals surface area contributed by atoms with Crippen LogP contribution in [0.5, 0.6) is 0 Å². The van der Waals surface area contributed by atoms with Crippen molar-refractivity contribution < 1.29 is 55.3 Å². The molecule has 1 saturated heterocycles. The second-order valence-electron chi connectivity index (χ2n) is 6.15. The number of esters is 4. The van der Waals surface area contributed by atoms with Gasteiger partial charge in [-0.25, -0.2) is 19.2 Å². The second kappa shape index (κ2) is 16.4. The number of carbonyl (C=O) groups excluding carboxylic acids is 4. The van der Waals surface area contributed by atoms with Gasteiger partial charge >= 0.3 is 23.9 Å². The van der Waals surface area contributed by atoms with Crippen LogP contribution in [0.15, 0.2) is 24.3 Å². The molecule has 1 aliphatic rings. The van der Waals surface area contributed by atoms with Gasteiger partial charge in [0.1, 0.15) is 12.7 Å². The first kappa shape index (κ1) is 27.6. The summed E-state index contributed by atoms with van der Waals surface area (Å²) in [5, 5.41) is 0. The monoisotopic (exact) mass is 447 g/mol.